The lowest BCUT2D eigenvalue weighted by Crippen LogP contribution is -2.36. The molecule has 3 heterocycles. The number of aliphatic hydroxyl groups excluding tert-OH is 1. The topological polar surface area (TPSA) is 58.4 Å². The van der Waals surface area contributed by atoms with E-state index in [1.165, 1.54) is 0 Å². The number of carbonyl (C=O) groups is 1. The van der Waals surface area contributed by atoms with Gasteiger partial charge in [-0.25, -0.2) is 0 Å². The zero-order valence-electron chi connectivity index (χ0n) is 12.9. The number of amides is 1. The largest absolute Gasteiger partial charge is 0.391 e. The highest BCUT2D eigenvalue weighted by Crippen LogP contribution is 2.41. The van der Waals surface area contributed by atoms with E-state index in [2.05, 4.69) is 5.10 Å². The van der Waals surface area contributed by atoms with Crippen LogP contribution in [0, 0.1) is 11.8 Å². The fourth-order valence-corrected chi connectivity index (χ4v) is 4.74. The summed E-state index contributed by atoms with van der Waals surface area (Å²) in [6.45, 7) is 1.61. The SMILES string of the molecule is O=C(Cc1cccs1)N1C[C@H]2C[C@@H](n3cccn3)[C@H](O)C[C@H]2C1. The highest BCUT2D eigenvalue weighted by Gasteiger charge is 2.43. The summed E-state index contributed by atoms with van der Waals surface area (Å²) >= 11 is 1.64. The number of thiophene rings is 1. The maximum absolute atomic E-state index is 12.5. The molecular formula is C17H21N3O2S. The maximum Gasteiger partial charge on any atom is 0.227 e. The minimum Gasteiger partial charge on any atom is -0.391 e. The Morgan fingerprint density at radius 2 is 2.13 bits per heavy atom. The van der Waals surface area contributed by atoms with Crippen LogP contribution >= 0.6 is 11.3 Å². The van der Waals surface area contributed by atoms with E-state index in [9.17, 15) is 9.90 Å². The molecule has 2 aliphatic rings. The molecule has 2 fully saturated rings. The monoisotopic (exact) mass is 331 g/mol. The van der Waals surface area contributed by atoms with E-state index in [4.69, 9.17) is 0 Å². The average Bonchev–Trinajstić information content (AvgIpc) is 3.27. The quantitative estimate of drug-likeness (QED) is 0.935. The number of carbonyl (C=O) groups excluding carboxylic acids is 1. The van der Waals surface area contributed by atoms with Crippen LogP contribution < -0.4 is 0 Å². The number of likely N-dealkylation sites (tertiary alicyclic amines) is 1. The Morgan fingerprint density at radius 1 is 1.30 bits per heavy atom. The molecule has 6 heteroatoms. The summed E-state index contributed by atoms with van der Waals surface area (Å²) in [5.74, 6) is 1.11. The number of rotatable bonds is 3. The van der Waals surface area contributed by atoms with E-state index >= 15 is 0 Å². The Hall–Kier alpha value is -1.66. The van der Waals surface area contributed by atoms with Crippen LogP contribution in [-0.2, 0) is 11.2 Å². The molecule has 0 unspecified atom stereocenters. The fraction of sp³-hybridized carbons (Fsp3) is 0.529. The molecule has 5 nitrogen and oxygen atoms in total. The molecule has 0 spiro atoms. The van der Waals surface area contributed by atoms with Crippen molar-refractivity contribution in [3.8, 4) is 0 Å². The lowest BCUT2D eigenvalue weighted by Gasteiger charge is -2.35. The molecule has 0 radical (unpaired) electrons. The van der Waals surface area contributed by atoms with E-state index in [0.717, 1.165) is 30.8 Å². The number of fused-ring (bicyclic) bond motifs is 1. The average molecular weight is 331 g/mol. The molecule has 0 bridgehead atoms. The second kappa shape index (κ2) is 6.09. The third-order valence-electron chi connectivity index (χ3n) is 5.23. The second-order valence-electron chi connectivity index (χ2n) is 6.67. The van der Waals surface area contributed by atoms with Crippen molar-refractivity contribution in [1.82, 2.24) is 14.7 Å². The fourth-order valence-electron chi connectivity index (χ4n) is 4.05. The Morgan fingerprint density at radius 3 is 2.83 bits per heavy atom. The smallest absolute Gasteiger partial charge is 0.227 e. The number of aliphatic hydroxyl groups is 1. The van der Waals surface area contributed by atoms with Crippen LogP contribution in [0.1, 0.15) is 23.8 Å². The van der Waals surface area contributed by atoms with Crippen LogP contribution in [0.2, 0.25) is 0 Å². The van der Waals surface area contributed by atoms with Gasteiger partial charge in [-0.1, -0.05) is 6.07 Å². The summed E-state index contributed by atoms with van der Waals surface area (Å²) in [4.78, 5) is 15.6. The molecule has 1 amide bonds. The molecule has 1 saturated carbocycles. The van der Waals surface area contributed by atoms with Crippen molar-refractivity contribution in [3.63, 3.8) is 0 Å². The summed E-state index contributed by atoms with van der Waals surface area (Å²) in [6, 6.07) is 5.94. The summed E-state index contributed by atoms with van der Waals surface area (Å²) in [5.41, 5.74) is 0. The van der Waals surface area contributed by atoms with Crippen LogP contribution in [0.15, 0.2) is 36.0 Å². The molecule has 1 aliphatic heterocycles. The minimum absolute atomic E-state index is 0.0404. The van der Waals surface area contributed by atoms with Gasteiger partial charge in [-0.3, -0.25) is 9.48 Å². The first-order chi connectivity index (χ1) is 11.2. The lowest BCUT2D eigenvalue weighted by atomic mass is 9.77. The predicted octanol–water partition coefficient (Wildman–Crippen LogP) is 1.96. The van der Waals surface area contributed by atoms with E-state index in [-0.39, 0.29) is 18.1 Å². The Bertz CT molecular complexity index is 655. The standard InChI is InChI=1S/C17H21N3O2S/c21-16-8-13-11-19(17(22)9-14-3-1-6-23-14)10-12(13)7-15(16)20-5-2-4-18-20/h1-6,12-13,15-16,21H,7-11H2/t12-,13+,15-,16-/m1/s1. The van der Waals surface area contributed by atoms with Gasteiger partial charge in [0.05, 0.1) is 18.6 Å². The van der Waals surface area contributed by atoms with Gasteiger partial charge in [0.2, 0.25) is 5.91 Å². The van der Waals surface area contributed by atoms with Crippen molar-refractivity contribution < 1.29 is 9.90 Å². The minimum atomic E-state index is -0.372. The molecule has 2 aromatic heterocycles. The van der Waals surface area contributed by atoms with Crippen LogP contribution in [0.4, 0.5) is 0 Å². The summed E-state index contributed by atoms with van der Waals surface area (Å²) in [7, 11) is 0. The van der Waals surface area contributed by atoms with Gasteiger partial charge in [-0.15, -0.1) is 11.3 Å². The second-order valence-corrected chi connectivity index (χ2v) is 7.70. The Balaban J connectivity index is 1.42. The summed E-state index contributed by atoms with van der Waals surface area (Å²) in [5, 5.41) is 16.8. The number of hydrogen-bond acceptors (Lipinski definition) is 4. The first kappa shape index (κ1) is 14.9. The van der Waals surface area contributed by atoms with Gasteiger partial charge in [-0.2, -0.15) is 5.10 Å². The van der Waals surface area contributed by atoms with Crippen molar-refractivity contribution in [3.05, 3.63) is 40.8 Å². The van der Waals surface area contributed by atoms with Crippen molar-refractivity contribution >= 4 is 17.2 Å². The molecule has 0 aromatic carbocycles. The van der Waals surface area contributed by atoms with E-state index in [1.807, 2.05) is 39.4 Å². The van der Waals surface area contributed by atoms with E-state index in [1.54, 1.807) is 17.5 Å². The van der Waals surface area contributed by atoms with Crippen molar-refractivity contribution in [2.24, 2.45) is 11.8 Å². The third-order valence-corrected chi connectivity index (χ3v) is 6.11. The maximum atomic E-state index is 12.5. The zero-order valence-corrected chi connectivity index (χ0v) is 13.7. The van der Waals surface area contributed by atoms with Gasteiger partial charge < -0.3 is 10.0 Å². The molecule has 1 N–H and O–H groups in total. The Labute approximate surface area is 139 Å². The van der Waals surface area contributed by atoms with Crippen molar-refractivity contribution in [2.75, 3.05) is 13.1 Å². The van der Waals surface area contributed by atoms with Gasteiger partial charge in [0.25, 0.3) is 0 Å². The normalized spacial score (nSPS) is 30.4. The Kier molecular flexibility index (Phi) is 3.95. The molecule has 1 saturated heterocycles. The van der Waals surface area contributed by atoms with Gasteiger partial charge in [-0.05, 0) is 42.2 Å². The molecule has 122 valence electrons. The van der Waals surface area contributed by atoms with Gasteiger partial charge in [0, 0.05) is 30.4 Å². The molecular weight excluding hydrogens is 310 g/mol. The van der Waals surface area contributed by atoms with Crippen LogP contribution in [-0.4, -0.2) is 44.9 Å². The van der Waals surface area contributed by atoms with Crippen LogP contribution in [0.5, 0.6) is 0 Å². The highest BCUT2D eigenvalue weighted by molar-refractivity contribution is 7.10. The van der Waals surface area contributed by atoms with Gasteiger partial charge in [0.1, 0.15) is 0 Å². The summed E-state index contributed by atoms with van der Waals surface area (Å²) < 4.78 is 1.87. The number of aromatic nitrogens is 2. The molecule has 4 rings (SSSR count). The van der Waals surface area contributed by atoms with Crippen molar-refractivity contribution in [2.45, 2.75) is 31.4 Å². The van der Waals surface area contributed by atoms with Gasteiger partial charge in [0.15, 0.2) is 0 Å². The first-order valence-electron chi connectivity index (χ1n) is 8.18. The van der Waals surface area contributed by atoms with Crippen LogP contribution in [0.3, 0.4) is 0 Å². The molecule has 2 aromatic rings. The predicted molar refractivity (Wildman–Crippen MR) is 88.1 cm³/mol. The van der Waals surface area contributed by atoms with E-state index < -0.39 is 0 Å². The summed E-state index contributed by atoms with van der Waals surface area (Å²) in [6.07, 6.45) is 5.47. The lowest BCUT2D eigenvalue weighted by molar-refractivity contribution is -0.129. The molecule has 23 heavy (non-hydrogen) atoms. The molecule has 4 atom stereocenters. The molecule has 1 aliphatic carbocycles. The first-order valence-corrected chi connectivity index (χ1v) is 9.06. The van der Waals surface area contributed by atoms with Gasteiger partial charge >= 0.3 is 0 Å². The van der Waals surface area contributed by atoms with E-state index in [0.29, 0.717) is 18.3 Å². The van der Waals surface area contributed by atoms with Crippen molar-refractivity contribution in [1.29, 1.82) is 0 Å². The number of nitrogens with zero attached hydrogens (tertiary/aromatic N) is 3. The third kappa shape index (κ3) is 2.93. The van der Waals surface area contributed by atoms with Crippen LogP contribution in [0.25, 0.3) is 0 Å². The number of hydrogen-bond donors (Lipinski definition) is 1. The highest BCUT2D eigenvalue weighted by atomic mass is 32.1. The zero-order chi connectivity index (χ0) is 15.8.